The molecular weight excluding hydrogens is 172 g/mol. The van der Waals surface area contributed by atoms with Crippen LogP contribution in [0.3, 0.4) is 0 Å². The number of halogens is 1. The van der Waals surface area contributed by atoms with E-state index in [-0.39, 0.29) is 5.60 Å². The minimum Gasteiger partial charge on any atom is -0.373 e. The second kappa shape index (κ2) is 4.29. The summed E-state index contributed by atoms with van der Waals surface area (Å²) in [5.74, 6) is 0.597. The molecule has 0 aromatic rings. The summed E-state index contributed by atoms with van der Waals surface area (Å²) in [6, 6.07) is 0. The van der Waals surface area contributed by atoms with Crippen LogP contribution in [0.5, 0.6) is 0 Å². The smallest absolute Gasteiger partial charge is 0.0853 e. The summed E-state index contributed by atoms with van der Waals surface area (Å²) in [5, 5.41) is 0. The van der Waals surface area contributed by atoms with Crippen molar-refractivity contribution in [2.24, 2.45) is 0 Å². The first-order valence-electron chi connectivity index (χ1n) is 4.53. The minimum absolute atomic E-state index is 0.0916. The highest BCUT2D eigenvalue weighted by molar-refractivity contribution is 6.18. The lowest BCUT2D eigenvalue weighted by atomic mass is 9.90. The van der Waals surface area contributed by atoms with Gasteiger partial charge in [-0.05, 0) is 32.6 Å². The fourth-order valence-corrected chi connectivity index (χ4v) is 2.06. The van der Waals surface area contributed by atoms with Crippen LogP contribution in [0, 0.1) is 0 Å². The second-order valence-corrected chi connectivity index (χ2v) is 4.02. The fraction of sp³-hybridized carbons (Fsp3) is 0.800. The molecule has 2 heteroatoms. The van der Waals surface area contributed by atoms with Crippen LogP contribution in [0.2, 0.25) is 0 Å². The van der Waals surface area contributed by atoms with Crippen LogP contribution in [0.4, 0.5) is 0 Å². The van der Waals surface area contributed by atoms with Crippen molar-refractivity contribution in [2.45, 2.75) is 38.2 Å². The molecule has 0 radical (unpaired) electrons. The number of alkyl halides is 1. The molecule has 1 aliphatic heterocycles. The number of ether oxygens (including phenoxy) is 1. The molecule has 1 nitrogen and oxygen atoms in total. The van der Waals surface area contributed by atoms with E-state index < -0.39 is 0 Å². The predicted molar refractivity (Wildman–Crippen MR) is 52.7 cm³/mol. The molecule has 0 aromatic carbocycles. The molecular formula is C10H17ClO. The lowest BCUT2D eigenvalue weighted by Crippen LogP contribution is -2.38. The Bertz CT molecular complexity index is 159. The summed E-state index contributed by atoms with van der Waals surface area (Å²) in [7, 11) is 0. The highest BCUT2D eigenvalue weighted by Crippen LogP contribution is 2.31. The Labute approximate surface area is 79.7 Å². The number of hydrogen-bond donors (Lipinski definition) is 0. The zero-order chi connectivity index (χ0) is 9.03. The van der Waals surface area contributed by atoms with Gasteiger partial charge in [-0.3, -0.25) is 0 Å². The van der Waals surface area contributed by atoms with Crippen molar-refractivity contribution in [1.82, 2.24) is 0 Å². The van der Waals surface area contributed by atoms with Crippen LogP contribution in [0.1, 0.15) is 32.6 Å². The van der Waals surface area contributed by atoms with Gasteiger partial charge in [-0.1, -0.05) is 5.57 Å². The second-order valence-electron chi connectivity index (χ2n) is 3.76. The van der Waals surface area contributed by atoms with Gasteiger partial charge in [-0.2, -0.15) is 0 Å². The van der Waals surface area contributed by atoms with Crippen molar-refractivity contribution < 1.29 is 4.74 Å². The molecule has 1 heterocycles. The molecule has 1 aliphatic rings. The monoisotopic (exact) mass is 188 g/mol. The third-order valence-corrected chi connectivity index (χ3v) is 2.79. The van der Waals surface area contributed by atoms with E-state index in [2.05, 4.69) is 6.58 Å². The molecule has 0 spiro atoms. The fourth-order valence-electron chi connectivity index (χ4n) is 1.75. The van der Waals surface area contributed by atoms with E-state index in [0.717, 1.165) is 25.0 Å². The number of rotatable bonds is 3. The molecule has 1 rings (SSSR count). The third-order valence-electron chi connectivity index (χ3n) is 2.30. The minimum atomic E-state index is -0.0916. The maximum atomic E-state index is 5.92. The van der Waals surface area contributed by atoms with Gasteiger partial charge in [0.2, 0.25) is 0 Å². The SMILES string of the molecule is C=C(C)CC1(CCl)CCCCO1. The molecule has 0 bridgehead atoms. The average molecular weight is 189 g/mol. The van der Waals surface area contributed by atoms with Crippen molar-refractivity contribution in [3.05, 3.63) is 12.2 Å². The van der Waals surface area contributed by atoms with Gasteiger partial charge in [0.15, 0.2) is 0 Å². The van der Waals surface area contributed by atoms with Crippen molar-refractivity contribution in [3.63, 3.8) is 0 Å². The quantitative estimate of drug-likeness (QED) is 0.489. The van der Waals surface area contributed by atoms with E-state index in [1.165, 1.54) is 12.8 Å². The van der Waals surface area contributed by atoms with Crippen molar-refractivity contribution in [2.75, 3.05) is 12.5 Å². The molecule has 1 saturated heterocycles. The summed E-state index contributed by atoms with van der Waals surface area (Å²) < 4.78 is 5.73. The molecule has 1 fully saturated rings. The summed E-state index contributed by atoms with van der Waals surface area (Å²) >= 11 is 5.92. The molecule has 0 aromatic heterocycles. The Morgan fingerprint density at radius 1 is 1.58 bits per heavy atom. The lowest BCUT2D eigenvalue weighted by Gasteiger charge is -2.35. The molecule has 0 N–H and O–H groups in total. The Balaban J connectivity index is 2.53. The first-order valence-corrected chi connectivity index (χ1v) is 5.06. The van der Waals surface area contributed by atoms with E-state index in [9.17, 15) is 0 Å². The van der Waals surface area contributed by atoms with E-state index in [0.29, 0.717) is 5.88 Å². The van der Waals surface area contributed by atoms with Crippen LogP contribution in [0.25, 0.3) is 0 Å². The molecule has 1 unspecified atom stereocenters. The van der Waals surface area contributed by atoms with Crippen LogP contribution >= 0.6 is 11.6 Å². The Hall–Kier alpha value is -0.0100. The topological polar surface area (TPSA) is 9.23 Å². The zero-order valence-electron chi connectivity index (χ0n) is 7.74. The van der Waals surface area contributed by atoms with Gasteiger partial charge in [0.05, 0.1) is 11.5 Å². The highest BCUT2D eigenvalue weighted by atomic mass is 35.5. The Morgan fingerprint density at radius 2 is 2.33 bits per heavy atom. The predicted octanol–water partition coefficient (Wildman–Crippen LogP) is 3.13. The van der Waals surface area contributed by atoms with Crippen molar-refractivity contribution in [1.29, 1.82) is 0 Å². The van der Waals surface area contributed by atoms with Gasteiger partial charge in [0.1, 0.15) is 0 Å². The van der Waals surface area contributed by atoms with Crippen LogP contribution in [-0.4, -0.2) is 18.1 Å². The van der Waals surface area contributed by atoms with Crippen molar-refractivity contribution in [3.8, 4) is 0 Å². The van der Waals surface area contributed by atoms with E-state index in [1.807, 2.05) is 6.92 Å². The van der Waals surface area contributed by atoms with Crippen LogP contribution in [0.15, 0.2) is 12.2 Å². The average Bonchev–Trinajstić information content (AvgIpc) is 2.05. The normalized spacial score (nSPS) is 30.2. The molecule has 0 aliphatic carbocycles. The van der Waals surface area contributed by atoms with Crippen LogP contribution < -0.4 is 0 Å². The first-order chi connectivity index (χ1) is 5.68. The molecule has 0 amide bonds. The maximum absolute atomic E-state index is 5.92. The highest BCUT2D eigenvalue weighted by Gasteiger charge is 2.31. The standard InChI is InChI=1S/C10H17ClO/c1-9(2)7-10(8-11)5-3-4-6-12-10/h1,3-8H2,2H3. The molecule has 0 saturated carbocycles. The summed E-state index contributed by atoms with van der Waals surface area (Å²) in [4.78, 5) is 0. The molecule has 1 atom stereocenters. The van der Waals surface area contributed by atoms with Gasteiger partial charge < -0.3 is 4.74 Å². The first kappa shape index (κ1) is 10.1. The maximum Gasteiger partial charge on any atom is 0.0853 e. The Kier molecular flexibility index (Phi) is 3.60. The largest absolute Gasteiger partial charge is 0.373 e. The van der Waals surface area contributed by atoms with E-state index >= 15 is 0 Å². The summed E-state index contributed by atoms with van der Waals surface area (Å²) in [5.41, 5.74) is 1.07. The van der Waals surface area contributed by atoms with Gasteiger partial charge in [0, 0.05) is 6.61 Å². The van der Waals surface area contributed by atoms with Gasteiger partial charge in [-0.25, -0.2) is 0 Å². The van der Waals surface area contributed by atoms with Crippen LogP contribution in [-0.2, 0) is 4.74 Å². The van der Waals surface area contributed by atoms with E-state index in [1.54, 1.807) is 0 Å². The van der Waals surface area contributed by atoms with Gasteiger partial charge in [0.25, 0.3) is 0 Å². The lowest BCUT2D eigenvalue weighted by molar-refractivity contribution is -0.0614. The number of hydrogen-bond acceptors (Lipinski definition) is 1. The van der Waals surface area contributed by atoms with Gasteiger partial charge in [-0.15, -0.1) is 18.2 Å². The van der Waals surface area contributed by atoms with Gasteiger partial charge >= 0.3 is 0 Å². The zero-order valence-corrected chi connectivity index (χ0v) is 8.49. The third kappa shape index (κ3) is 2.49. The molecule has 70 valence electrons. The van der Waals surface area contributed by atoms with Crippen molar-refractivity contribution >= 4 is 11.6 Å². The Morgan fingerprint density at radius 3 is 2.75 bits per heavy atom. The summed E-state index contributed by atoms with van der Waals surface area (Å²) in [6.45, 7) is 6.80. The molecule has 12 heavy (non-hydrogen) atoms. The summed E-state index contributed by atoms with van der Waals surface area (Å²) in [6.07, 6.45) is 4.41. The van der Waals surface area contributed by atoms with E-state index in [4.69, 9.17) is 16.3 Å².